The molecule has 0 atom stereocenters. The van der Waals surface area contributed by atoms with Gasteiger partial charge < -0.3 is 19.6 Å². The van der Waals surface area contributed by atoms with Crippen LogP contribution in [0.5, 0.6) is 5.75 Å². The van der Waals surface area contributed by atoms with Crippen LogP contribution in [0.3, 0.4) is 0 Å². The largest absolute Gasteiger partial charge is 0.508 e. The van der Waals surface area contributed by atoms with Crippen LogP contribution in [0.25, 0.3) is 22.3 Å². The van der Waals surface area contributed by atoms with Gasteiger partial charge in [0.05, 0.1) is 11.5 Å². The van der Waals surface area contributed by atoms with Gasteiger partial charge in [0.25, 0.3) is 0 Å². The van der Waals surface area contributed by atoms with E-state index < -0.39 is 9.84 Å². The lowest BCUT2D eigenvalue weighted by Gasteiger charge is -2.34. The molecular formula is C35H36N2O4S. The zero-order valence-electron chi connectivity index (χ0n) is 23.7. The molecule has 42 heavy (non-hydrogen) atoms. The second-order valence-corrected chi connectivity index (χ2v) is 14.2. The fourth-order valence-electron chi connectivity index (χ4n) is 6.79. The van der Waals surface area contributed by atoms with Crippen molar-refractivity contribution < 1.29 is 18.3 Å². The highest BCUT2D eigenvalue weighted by Crippen LogP contribution is 2.48. The van der Waals surface area contributed by atoms with Gasteiger partial charge >= 0.3 is 0 Å². The van der Waals surface area contributed by atoms with E-state index in [0.717, 1.165) is 56.0 Å². The van der Waals surface area contributed by atoms with Gasteiger partial charge in [-0.2, -0.15) is 0 Å². The quantitative estimate of drug-likeness (QED) is 0.311. The van der Waals surface area contributed by atoms with Crippen LogP contribution in [0.4, 0.5) is 11.4 Å². The van der Waals surface area contributed by atoms with Crippen LogP contribution in [-0.4, -0.2) is 57.9 Å². The molecule has 2 saturated heterocycles. The van der Waals surface area contributed by atoms with Crippen molar-refractivity contribution in [2.75, 3.05) is 54.2 Å². The van der Waals surface area contributed by atoms with Crippen LogP contribution in [-0.2, 0) is 26.5 Å². The van der Waals surface area contributed by atoms with Crippen LogP contribution >= 0.6 is 0 Å². The molecule has 3 aliphatic heterocycles. The normalized spacial score (nSPS) is 19.1. The van der Waals surface area contributed by atoms with E-state index in [2.05, 4.69) is 76.5 Å². The van der Waals surface area contributed by atoms with E-state index in [1.54, 1.807) is 12.1 Å². The Labute approximate surface area is 248 Å². The van der Waals surface area contributed by atoms with E-state index in [0.29, 0.717) is 13.1 Å². The standard InChI is InChI=1S/C35H36N2O4S/c38-32-12-7-28(8-13-32)27-3-5-29(6-4-27)30-9-14-34-33(23-30)35(15-19-41-20-16-35)25-37(34)24-26-1-10-31(11-2-26)36-17-21-42(39,40)22-18-36/h1-14,23,38H,15-22,24-25H2. The molecule has 0 amide bonds. The average molecular weight is 581 g/mol. The van der Waals surface area contributed by atoms with Gasteiger partial charge in [-0.3, -0.25) is 0 Å². The van der Waals surface area contributed by atoms with Crippen LogP contribution in [0, 0.1) is 0 Å². The first kappa shape index (κ1) is 27.0. The molecule has 1 spiro atoms. The number of phenolic OH excluding ortho intramolecular Hbond substituents is 1. The summed E-state index contributed by atoms with van der Waals surface area (Å²) in [6, 6.07) is 31.6. The van der Waals surface area contributed by atoms with Gasteiger partial charge in [0.2, 0.25) is 0 Å². The summed E-state index contributed by atoms with van der Waals surface area (Å²) < 4.78 is 29.5. The SMILES string of the molecule is O=S1(=O)CCN(c2ccc(CN3CC4(CCOCC4)c4cc(-c5ccc(-c6ccc(O)cc6)cc5)ccc43)cc2)CC1. The number of benzene rings is 4. The molecule has 0 saturated carbocycles. The summed E-state index contributed by atoms with van der Waals surface area (Å²) >= 11 is 0. The zero-order valence-corrected chi connectivity index (χ0v) is 24.5. The number of ether oxygens (including phenoxy) is 1. The molecule has 0 aromatic heterocycles. The molecule has 0 bridgehead atoms. The second kappa shape index (κ2) is 10.8. The highest BCUT2D eigenvalue weighted by atomic mass is 32.2. The van der Waals surface area contributed by atoms with Crippen LogP contribution in [0.1, 0.15) is 24.0 Å². The summed E-state index contributed by atoms with van der Waals surface area (Å²) in [4.78, 5) is 4.70. The highest BCUT2D eigenvalue weighted by molar-refractivity contribution is 7.91. The molecule has 0 unspecified atom stereocenters. The third-order valence-corrected chi connectivity index (χ3v) is 10.9. The second-order valence-electron chi connectivity index (χ2n) is 11.9. The van der Waals surface area contributed by atoms with Gasteiger partial charge in [-0.1, -0.05) is 54.6 Å². The zero-order chi connectivity index (χ0) is 28.7. The van der Waals surface area contributed by atoms with E-state index >= 15 is 0 Å². The summed E-state index contributed by atoms with van der Waals surface area (Å²) in [6.07, 6.45) is 2.05. The van der Waals surface area contributed by atoms with Crippen molar-refractivity contribution in [1.29, 1.82) is 0 Å². The van der Waals surface area contributed by atoms with Gasteiger partial charge in [-0.15, -0.1) is 0 Å². The van der Waals surface area contributed by atoms with Crippen molar-refractivity contribution in [3.8, 4) is 28.0 Å². The molecule has 7 rings (SSSR count). The van der Waals surface area contributed by atoms with Crippen molar-refractivity contribution >= 4 is 21.2 Å². The number of phenols is 1. The lowest BCUT2D eigenvalue weighted by Crippen LogP contribution is -2.40. The third-order valence-electron chi connectivity index (χ3n) is 9.29. The Morgan fingerprint density at radius 2 is 1.31 bits per heavy atom. The predicted molar refractivity (Wildman–Crippen MR) is 169 cm³/mol. The highest BCUT2D eigenvalue weighted by Gasteiger charge is 2.43. The lowest BCUT2D eigenvalue weighted by atomic mass is 9.75. The number of rotatable bonds is 5. The number of sulfone groups is 1. The summed E-state index contributed by atoms with van der Waals surface area (Å²) in [7, 11) is -2.89. The molecule has 216 valence electrons. The number of hydrogen-bond donors (Lipinski definition) is 1. The van der Waals surface area contributed by atoms with Gasteiger partial charge in [-0.25, -0.2) is 8.42 Å². The van der Waals surface area contributed by atoms with E-state index in [9.17, 15) is 13.5 Å². The maximum Gasteiger partial charge on any atom is 0.153 e. The Morgan fingerprint density at radius 1 is 0.738 bits per heavy atom. The molecule has 7 heteroatoms. The first-order valence-electron chi connectivity index (χ1n) is 14.8. The summed E-state index contributed by atoms with van der Waals surface area (Å²) in [6.45, 7) is 4.53. The number of aromatic hydroxyl groups is 1. The van der Waals surface area contributed by atoms with Crippen LogP contribution in [0.15, 0.2) is 91.0 Å². The Morgan fingerprint density at radius 3 is 1.95 bits per heavy atom. The van der Waals surface area contributed by atoms with E-state index in [1.165, 1.54) is 27.9 Å². The van der Waals surface area contributed by atoms with Crippen molar-refractivity contribution in [3.63, 3.8) is 0 Å². The van der Waals surface area contributed by atoms with Crippen molar-refractivity contribution in [2.24, 2.45) is 0 Å². The minimum atomic E-state index is -2.89. The molecule has 4 aromatic rings. The minimum absolute atomic E-state index is 0.0921. The fourth-order valence-corrected chi connectivity index (χ4v) is 8.00. The number of anilines is 2. The summed E-state index contributed by atoms with van der Waals surface area (Å²) in [5.74, 6) is 0.740. The Hall–Kier alpha value is -3.81. The Bertz CT molecular complexity index is 1660. The van der Waals surface area contributed by atoms with E-state index in [1.807, 2.05) is 12.1 Å². The minimum Gasteiger partial charge on any atom is -0.508 e. The van der Waals surface area contributed by atoms with Gasteiger partial charge in [-0.05, 0) is 82.6 Å². The number of fused-ring (bicyclic) bond motifs is 2. The summed E-state index contributed by atoms with van der Waals surface area (Å²) in [5.41, 5.74) is 9.82. The topological polar surface area (TPSA) is 70.1 Å². The summed E-state index contributed by atoms with van der Waals surface area (Å²) in [5, 5.41) is 9.62. The molecular weight excluding hydrogens is 544 g/mol. The molecule has 3 heterocycles. The van der Waals surface area contributed by atoms with Gasteiger partial charge in [0.15, 0.2) is 9.84 Å². The van der Waals surface area contributed by atoms with Crippen LogP contribution < -0.4 is 9.80 Å². The first-order valence-corrected chi connectivity index (χ1v) is 16.6. The van der Waals surface area contributed by atoms with E-state index in [4.69, 9.17) is 4.74 Å². The van der Waals surface area contributed by atoms with Gasteiger partial charge in [0.1, 0.15) is 5.75 Å². The van der Waals surface area contributed by atoms with Crippen molar-refractivity contribution in [1.82, 2.24) is 0 Å². The first-order chi connectivity index (χ1) is 20.4. The monoisotopic (exact) mass is 580 g/mol. The predicted octanol–water partition coefficient (Wildman–Crippen LogP) is 6.03. The molecule has 2 fully saturated rings. The van der Waals surface area contributed by atoms with Crippen molar-refractivity contribution in [2.45, 2.75) is 24.8 Å². The van der Waals surface area contributed by atoms with Crippen LogP contribution in [0.2, 0.25) is 0 Å². The molecule has 3 aliphatic rings. The van der Waals surface area contributed by atoms with E-state index in [-0.39, 0.29) is 22.7 Å². The maximum atomic E-state index is 11.8. The third kappa shape index (κ3) is 5.27. The molecule has 6 nitrogen and oxygen atoms in total. The molecule has 1 N–H and O–H groups in total. The fraction of sp³-hybridized carbons (Fsp3) is 0.314. The number of hydrogen-bond acceptors (Lipinski definition) is 6. The smallest absolute Gasteiger partial charge is 0.153 e. The Balaban J connectivity index is 1.13. The lowest BCUT2D eigenvalue weighted by molar-refractivity contribution is 0.0553. The number of nitrogens with zero attached hydrogens (tertiary/aromatic N) is 2. The van der Waals surface area contributed by atoms with Crippen molar-refractivity contribution in [3.05, 3.63) is 102 Å². The maximum absolute atomic E-state index is 11.8. The molecule has 0 aliphatic carbocycles. The Kier molecular flexibility index (Phi) is 6.95. The van der Waals surface area contributed by atoms with Gasteiger partial charge in [0, 0.05) is 56.2 Å². The molecule has 4 aromatic carbocycles. The molecule has 0 radical (unpaired) electrons. The average Bonchev–Trinajstić information content (AvgIpc) is 3.29.